The first-order chi connectivity index (χ1) is 9.06. The molecule has 0 atom stereocenters. The zero-order valence-electron chi connectivity index (χ0n) is 9.64. The van der Waals surface area contributed by atoms with Gasteiger partial charge in [-0.1, -0.05) is 29.3 Å². The highest BCUT2D eigenvalue weighted by Gasteiger charge is 2.09. The van der Waals surface area contributed by atoms with E-state index in [9.17, 15) is 4.79 Å². The lowest BCUT2D eigenvalue weighted by atomic mass is 10.2. The van der Waals surface area contributed by atoms with E-state index in [1.807, 2.05) is 12.1 Å². The van der Waals surface area contributed by atoms with Gasteiger partial charge in [-0.25, -0.2) is 9.78 Å². The molecule has 2 rings (SSSR count). The number of nitrogens with zero attached hydrogens (tertiary/aromatic N) is 1. The van der Waals surface area contributed by atoms with Crippen LogP contribution in [-0.2, 0) is 5.75 Å². The maximum Gasteiger partial charge on any atom is 0.337 e. The third-order valence-electron chi connectivity index (χ3n) is 2.33. The molecule has 6 heteroatoms. The van der Waals surface area contributed by atoms with Gasteiger partial charge in [0.15, 0.2) is 0 Å². The van der Waals surface area contributed by atoms with Crippen molar-refractivity contribution in [2.75, 3.05) is 0 Å². The van der Waals surface area contributed by atoms with Gasteiger partial charge in [0.2, 0.25) is 0 Å². The van der Waals surface area contributed by atoms with E-state index in [4.69, 9.17) is 28.3 Å². The molecule has 2 aromatic rings. The molecular formula is C13H9Cl2NO2S. The standard InChI is InChI=1S/C13H9Cl2NO2S/c14-11-5-4-9(6-10(11)13(17)18)19-7-8-2-1-3-12(15)16-8/h1-6H,7H2,(H,17,18). The maximum absolute atomic E-state index is 11.0. The fraction of sp³-hybridized carbons (Fsp3) is 0.0769. The van der Waals surface area contributed by atoms with Crippen LogP contribution in [-0.4, -0.2) is 16.1 Å². The first-order valence-corrected chi connectivity index (χ1v) is 7.07. The van der Waals surface area contributed by atoms with Gasteiger partial charge in [-0.15, -0.1) is 11.8 Å². The summed E-state index contributed by atoms with van der Waals surface area (Å²) in [6, 6.07) is 10.3. The molecule has 1 aromatic carbocycles. The molecule has 0 aliphatic carbocycles. The number of carboxylic acids is 1. The van der Waals surface area contributed by atoms with Gasteiger partial charge >= 0.3 is 5.97 Å². The molecule has 1 N–H and O–H groups in total. The van der Waals surface area contributed by atoms with Crippen molar-refractivity contribution in [3.8, 4) is 0 Å². The number of thioether (sulfide) groups is 1. The van der Waals surface area contributed by atoms with E-state index >= 15 is 0 Å². The van der Waals surface area contributed by atoms with Crippen molar-refractivity contribution in [1.29, 1.82) is 0 Å². The zero-order valence-corrected chi connectivity index (χ0v) is 12.0. The third-order valence-corrected chi connectivity index (χ3v) is 3.90. The van der Waals surface area contributed by atoms with E-state index in [0.717, 1.165) is 10.6 Å². The summed E-state index contributed by atoms with van der Waals surface area (Å²) < 4.78 is 0. The number of hydrogen-bond acceptors (Lipinski definition) is 3. The number of carboxylic acid groups (broad SMARTS) is 1. The van der Waals surface area contributed by atoms with Gasteiger partial charge in [-0.05, 0) is 30.3 Å². The Labute approximate surface area is 124 Å². The summed E-state index contributed by atoms with van der Waals surface area (Å²) in [6.45, 7) is 0. The minimum Gasteiger partial charge on any atom is -0.478 e. The molecule has 0 amide bonds. The summed E-state index contributed by atoms with van der Waals surface area (Å²) in [4.78, 5) is 16.0. The Balaban J connectivity index is 2.12. The predicted octanol–water partition coefficient (Wildman–Crippen LogP) is 4.38. The van der Waals surface area contributed by atoms with Crippen LogP contribution >= 0.6 is 35.0 Å². The first-order valence-electron chi connectivity index (χ1n) is 5.33. The molecule has 0 radical (unpaired) electrons. The van der Waals surface area contributed by atoms with Gasteiger partial charge < -0.3 is 5.11 Å². The normalized spacial score (nSPS) is 10.4. The number of pyridine rings is 1. The average molecular weight is 314 g/mol. The Morgan fingerprint density at radius 2 is 2.05 bits per heavy atom. The average Bonchev–Trinajstić information content (AvgIpc) is 2.37. The van der Waals surface area contributed by atoms with Crippen molar-refractivity contribution in [2.24, 2.45) is 0 Å². The zero-order chi connectivity index (χ0) is 13.8. The molecule has 0 fully saturated rings. The Bertz CT molecular complexity index is 619. The highest BCUT2D eigenvalue weighted by atomic mass is 35.5. The molecule has 0 aliphatic heterocycles. The smallest absolute Gasteiger partial charge is 0.337 e. The molecule has 0 bridgehead atoms. The molecule has 0 unspecified atom stereocenters. The summed E-state index contributed by atoms with van der Waals surface area (Å²) in [7, 11) is 0. The van der Waals surface area contributed by atoms with Crippen molar-refractivity contribution in [3.05, 3.63) is 57.8 Å². The second-order valence-electron chi connectivity index (χ2n) is 3.69. The maximum atomic E-state index is 11.0. The first kappa shape index (κ1) is 14.2. The molecule has 3 nitrogen and oxygen atoms in total. The SMILES string of the molecule is O=C(O)c1cc(SCc2cccc(Cl)n2)ccc1Cl. The molecule has 0 saturated heterocycles. The topological polar surface area (TPSA) is 50.2 Å². The number of aromatic nitrogens is 1. The molecule has 19 heavy (non-hydrogen) atoms. The lowest BCUT2D eigenvalue weighted by molar-refractivity contribution is 0.0697. The minimum absolute atomic E-state index is 0.103. The quantitative estimate of drug-likeness (QED) is 0.672. The summed E-state index contributed by atoms with van der Waals surface area (Å²) in [6.07, 6.45) is 0. The largest absolute Gasteiger partial charge is 0.478 e. The fourth-order valence-electron chi connectivity index (χ4n) is 1.45. The molecule has 0 saturated carbocycles. The number of rotatable bonds is 4. The van der Waals surface area contributed by atoms with E-state index < -0.39 is 5.97 Å². The molecule has 0 spiro atoms. The summed E-state index contributed by atoms with van der Waals surface area (Å²) >= 11 is 13.1. The van der Waals surface area contributed by atoms with Crippen molar-refractivity contribution in [3.63, 3.8) is 0 Å². The van der Waals surface area contributed by atoms with Gasteiger partial charge in [0.1, 0.15) is 5.15 Å². The Hall–Kier alpha value is -1.23. The van der Waals surface area contributed by atoms with Gasteiger partial charge in [-0.3, -0.25) is 0 Å². The second kappa shape index (κ2) is 6.28. The summed E-state index contributed by atoms with van der Waals surface area (Å²) in [5.41, 5.74) is 0.940. The van der Waals surface area contributed by atoms with Crippen LogP contribution in [0.5, 0.6) is 0 Å². The monoisotopic (exact) mass is 313 g/mol. The van der Waals surface area contributed by atoms with Crippen LogP contribution in [0.2, 0.25) is 10.2 Å². The number of benzene rings is 1. The van der Waals surface area contributed by atoms with E-state index in [2.05, 4.69) is 4.98 Å². The van der Waals surface area contributed by atoms with Crippen LogP contribution in [0.15, 0.2) is 41.3 Å². The van der Waals surface area contributed by atoms with Crippen LogP contribution in [0.4, 0.5) is 0 Å². The van der Waals surface area contributed by atoms with Crippen LogP contribution < -0.4 is 0 Å². The van der Waals surface area contributed by atoms with Crippen LogP contribution in [0.1, 0.15) is 16.1 Å². The highest BCUT2D eigenvalue weighted by Crippen LogP contribution is 2.27. The van der Waals surface area contributed by atoms with Gasteiger partial charge in [-0.2, -0.15) is 0 Å². The lowest BCUT2D eigenvalue weighted by Crippen LogP contribution is -1.97. The van der Waals surface area contributed by atoms with Crippen LogP contribution in [0.25, 0.3) is 0 Å². The Kier molecular flexibility index (Phi) is 4.69. The molecule has 1 aromatic heterocycles. The van der Waals surface area contributed by atoms with E-state index in [0.29, 0.717) is 10.9 Å². The van der Waals surface area contributed by atoms with E-state index in [-0.39, 0.29) is 10.6 Å². The second-order valence-corrected chi connectivity index (χ2v) is 5.53. The van der Waals surface area contributed by atoms with Crippen molar-refractivity contribution in [2.45, 2.75) is 10.6 Å². The van der Waals surface area contributed by atoms with Crippen LogP contribution in [0.3, 0.4) is 0 Å². The van der Waals surface area contributed by atoms with Crippen molar-refractivity contribution in [1.82, 2.24) is 4.98 Å². The number of carbonyl (C=O) groups is 1. The Morgan fingerprint density at radius 1 is 1.26 bits per heavy atom. The number of aromatic carboxylic acids is 1. The van der Waals surface area contributed by atoms with Gasteiger partial charge in [0.05, 0.1) is 16.3 Å². The molecule has 0 aliphatic rings. The number of hydrogen-bond donors (Lipinski definition) is 1. The lowest BCUT2D eigenvalue weighted by Gasteiger charge is -2.04. The van der Waals surface area contributed by atoms with Crippen molar-refractivity contribution < 1.29 is 9.90 Å². The Morgan fingerprint density at radius 3 is 2.74 bits per heavy atom. The summed E-state index contributed by atoms with van der Waals surface area (Å²) in [5.74, 6) is -0.422. The number of halogens is 2. The van der Waals surface area contributed by atoms with E-state index in [1.165, 1.54) is 11.8 Å². The summed E-state index contributed by atoms with van der Waals surface area (Å²) in [5, 5.41) is 9.67. The molecular weight excluding hydrogens is 305 g/mol. The van der Waals surface area contributed by atoms with Crippen molar-refractivity contribution >= 4 is 40.9 Å². The third kappa shape index (κ3) is 3.86. The fourth-order valence-corrected chi connectivity index (χ4v) is 2.67. The molecule has 98 valence electrons. The minimum atomic E-state index is -1.03. The van der Waals surface area contributed by atoms with Crippen LogP contribution in [0, 0.1) is 0 Å². The van der Waals surface area contributed by atoms with Gasteiger partial charge in [0.25, 0.3) is 0 Å². The van der Waals surface area contributed by atoms with Gasteiger partial charge in [0, 0.05) is 10.6 Å². The predicted molar refractivity (Wildman–Crippen MR) is 77.2 cm³/mol. The molecule has 1 heterocycles. The van der Waals surface area contributed by atoms with E-state index in [1.54, 1.807) is 24.3 Å². The highest BCUT2D eigenvalue weighted by molar-refractivity contribution is 7.98.